The molecule has 0 aliphatic rings. The number of rotatable bonds is 8. The van der Waals surface area contributed by atoms with Crippen LogP contribution in [0, 0.1) is 0 Å². The van der Waals surface area contributed by atoms with Gasteiger partial charge in [0.2, 0.25) is 5.91 Å². The molecule has 0 aliphatic heterocycles. The fourth-order valence-corrected chi connectivity index (χ4v) is 1.66. The minimum absolute atomic E-state index is 0.191. The van der Waals surface area contributed by atoms with Crippen molar-refractivity contribution in [2.24, 2.45) is 0 Å². The van der Waals surface area contributed by atoms with E-state index in [1.54, 1.807) is 0 Å². The molecular weight excluding hydrogens is 212 g/mol. The maximum atomic E-state index is 11.4. The summed E-state index contributed by atoms with van der Waals surface area (Å²) in [6.45, 7) is 3.94. The van der Waals surface area contributed by atoms with E-state index in [2.05, 4.69) is 29.2 Å². The second-order valence-electron chi connectivity index (χ2n) is 4.27. The molecule has 0 aliphatic carbocycles. The molecule has 0 unspecified atom stereocenters. The minimum Gasteiger partial charge on any atom is -0.356 e. The monoisotopic (exact) mass is 235 g/mol. The first-order valence-corrected chi connectivity index (χ1v) is 6.53. The van der Waals surface area contributed by atoms with Gasteiger partial charge >= 0.3 is 0 Å². The molecule has 1 rings (SSSR count). The van der Waals surface area contributed by atoms with Crippen LogP contribution in [0.1, 0.15) is 39.0 Å². The van der Waals surface area contributed by atoms with Crippen LogP contribution in [0.4, 0.5) is 0 Å². The first kappa shape index (κ1) is 13.7. The molecule has 1 heterocycles. The van der Waals surface area contributed by atoms with Crippen molar-refractivity contribution in [3.63, 3.8) is 0 Å². The maximum Gasteiger partial charge on any atom is 0.219 e. The zero-order valence-electron chi connectivity index (χ0n) is 10.7. The summed E-state index contributed by atoms with van der Waals surface area (Å²) in [6, 6.07) is 6.06. The number of nitrogens with zero attached hydrogens (tertiary/aromatic N) is 1. The van der Waals surface area contributed by atoms with Gasteiger partial charge in [-0.1, -0.05) is 19.4 Å². The quantitative estimate of drug-likeness (QED) is 0.543. The fraction of sp³-hybridized carbons (Fsp3) is 0.571. The Morgan fingerprint density at radius 1 is 1.12 bits per heavy atom. The number of aryl methyl sites for hydroxylation is 1. The number of pyridine rings is 1. The van der Waals surface area contributed by atoms with E-state index >= 15 is 0 Å². The summed E-state index contributed by atoms with van der Waals surface area (Å²) < 4.78 is 2.15. The predicted octanol–water partition coefficient (Wildman–Crippen LogP) is 2.06. The highest BCUT2D eigenvalue weighted by molar-refractivity contribution is 5.75. The molecule has 1 aromatic heterocycles. The van der Waals surface area contributed by atoms with Crippen molar-refractivity contribution in [2.45, 2.75) is 45.6 Å². The molecule has 0 atom stereocenters. The molecule has 0 spiro atoms. The van der Waals surface area contributed by atoms with Gasteiger partial charge in [0, 0.05) is 31.5 Å². The first-order valence-electron chi connectivity index (χ1n) is 6.53. The minimum atomic E-state index is 0.191. The van der Waals surface area contributed by atoms with Crippen molar-refractivity contribution in [3.05, 3.63) is 30.6 Å². The van der Waals surface area contributed by atoms with Crippen LogP contribution in [0.3, 0.4) is 0 Å². The third-order valence-electron chi connectivity index (χ3n) is 2.70. The zero-order chi connectivity index (χ0) is 12.3. The smallest absolute Gasteiger partial charge is 0.219 e. The fourth-order valence-electron chi connectivity index (χ4n) is 1.66. The molecule has 0 bridgehead atoms. The lowest BCUT2D eigenvalue weighted by atomic mass is 10.2. The summed E-state index contributed by atoms with van der Waals surface area (Å²) in [5.41, 5.74) is 0. The molecular formula is C14H23N2O+. The Balaban J connectivity index is 2.02. The average molecular weight is 235 g/mol. The summed E-state index contributed by atoms with van der Waals surface area (Å²) in [5, 5.41) is 2.94. The van der Waals surface area contributed by atoms with E-state index in [0.717, 1.165) is 38.8 Å². The van der Waals surface area contributed by atoms with Crippen LogP contribution in [-0.4, -0.2) is 12.5 Å². The van der Waals surface area contributed by atoms with Crippen LogP contribution in [-0.2, 0) is 11.3 Å². The molecule has 3 heteroatoms. The molecule has 0 aromatic carbocycles. The van der Waals surface area contributed by atoms with Crippen LogP contribution in [0.15, 0.2) is 30.6 Å². The lowest BCUT2D eigenvalue weighted by Gasteiger charge is -2.03. The van der Waals surface area contributed by atoms with Gasteiger partial charge in [0.1, 0.15) is 6.54 Å². The molecule has 17 heavy (non-hydrogen) atoms. The highest BCUT2D eigenvalue weighted by atomic mass is 16.1. The largest absolute Gasteiger partial charge is 0.356 e. The number of nitrogens with one attached hydrogen (secondary N) is 1. The topological polar surface area (TPSA) is 33.0 Å². The van der Waals surface area contributed by atoms with Crippen molar-refractivity contribution in [3.8, 4) is 0 Å². The Morgan fingerprint density at radius 3 is 2.59 bits per heavy atom. The molecule has 94 valence electrons. The van der Waals surface area contributed by atoms with Gasteiger partial charge in [-0.15, -0.1) is 0 Å². The number of aromatic nitrogens is 1. The molecule has 0 saturated carbocycles. The summed E-state index contributed by atoms with van der Waals surface area (Å²) >= 11 is 0. The van der Waals surface area contributed by atoms with Gasteiger partial charge in [-0.2, -0.15) is 0 Å². The summed E-state index contributed by atoms with van der Waals surface area (Å²) in [7, 11) is 0. The van der Waals surface area contributed by atoms with Gasteiger partial charge in [-0.05, 0) is 12.8 Å². The Hall–Kier alpha value is -1.38. The van der Waals surface area contributed by atoms with E-state index < -0.39 is 0 Å². The standard InChI is InChI=1S/C14H22N2O/c1-2-3-10-15-14(17)9-5-8-13-16-11-6-4-7-12-16/h4,6-7,11-12H,2-3,5,8-10,13H2,1H3/p+1. The van der Waals surface area contributed by atoms with Crippen LogP contribution in [0.25, 0.3) is 0 Å². The molecule has 1 aromatic rings. The maximum absolute atomic E-state index is 11.4. The molecule has 0 fully saturated rings. The Labute approximate surface area is 104 Å². The average Bonchev–Trinajstić information content (AvgIpc) is 2.36. The summed E-state index contributed by atoms with van der Waals surface area (Å²) in [4.78, 5) is 11.4. The van der Waals surface area contributed by atoms with Crippen LogP contribution in [0.2, 0.25) is 0 Å². The van der Waals surface area contributed by atoms with Gasteiger partial charge in [0.05, 0.1) is 0 Å². The molecule has 0 saturated heterocycles. The van der Waals surface area contributed by atoms with Gasteiger partial charge < -0.3 is 5.32 Å². The highest BCUT2D eigenvalue weighted by Crippen LogP contribution is 1.95. The van der Waals surface area contributed by atoms with Crippen molar-refractivity contribution in [1.29, 1.82) is 0 Å². The highest BCUT2D eigenvalue weighted by Gasteiger charge is 2.02. The van der Waals surface area contributed by atoms with E-state index in [4.69, 9.17) is 0 Å². The molecule has 3 nitrogen and oxygen atoms in total. The van der Waals surface area contributed by atoms with E-state index in [1.165, 1.54) is 0 Å². The number of amides is 1. The summed E-state index contributed by atoms with van der Waals surface area (Å²) in [5.74, 6) is 0.191. The SMILES string of the molecule is CCCCNC(=O)CCCC[n+]1ccccc1. The number of carbonyl (C=O) groups is 1. The lowest BCUT2D eigenvalue weighted by Crippen LogP contribution is -2.32. The van der Waals surface area contributed by atoms with Gasteiger partial charge in [0.25, 0.3) is 0 Å². The lowest BCUT2D eigenvalue weighted by molar-refractivity contribution is -0.697. The van der Waals surface area contributed by atoms with Crippen molar-refractivity contribution >= 4 is 5.91 Å². The van der Waals surface area contributed by atoms with Gasteiger partial charge in [-0.3, -0.25) is 4.79 Å². The van der Waals surface area contributed by atoms with Crippen molar-refractivity contribution in [1.82, 2.24) is 5.32 Å². The molecule has 1 amide bonds. The number of carbonyl (C=O) groups excluding carboxylic acids is 1. The Bertz CT molecular complexity index is 311. The zero-order valence-corrected chi connectivity index (χ0v) is 10.7. The summed E-state index contributed by atoms with van der Waals surface area (Å²) in [6.07, 6.45) is 8.98. The van der Waals surface area contributed by atoms with E-state index in [9.17, 15) is 4.79 Å². The number of hydrogen-bond acceptors (Lipinski definition) is 1. The predicted molar refractivity (Wildman–Crippen MR) is 68.4 cm³/mol. The van der Waals surface area contributed by atoms with E-state index in [1.807, 2.05) is 18.2 Å². The van der Waals surface area contributed by atoms with Crippen molar-refractivity contribution in [2.75, 3.05) is 6.54 Å². The second kappa shape index (κ2) is 8.74. The van der Waals surface area contributed by atoms with E-state index in [0.29, 0.717) is 6.42 Å². The van der Waals surface area contributed by atoms with Crippen LogP contribution >= 0.6 is 0 Å². The van der Waals surface area contributed by atoms with Gasteiger partial charge in [-0.25, -0.2) is 4.57 Å². The molecule has 0 radical (unpaired) electrons. The number of unbranched alkanes of at least 4 members (excludes halogenated alkanes) is 2. The van der Waals surface area contributed by atoms with Gasteiger partial charge in [0.15, 0.2) is 12.4 Å². The van der Waals surface area contributed by atoms with Crippen LogP contribution in [0.5, 0.6) is 0 Å². The second-order valence-corrected chi connectivity index (χ2v) is 4.27. The van der Waals surface area contributed by atoms with E-state index in [-0.39, 0.29) is 5.91 Å². The normalized spacial score (nSPS) is 10.2. The number of hydrogen-bond donors (Lipinski definition) is 1. The van der Waals surface area contributed by atoms with Crippen molar-refractivity contribution < 1.29 is 9.36 Å². The van der Waals surface area contributed by atoms with Crippen LogP contribution < -0.4 is 9.88 Å². The third kappa shape index (κ3) is 6.72. The first-order chi connectivity index (χ1) is 8.33. The third-order valence-corrected chi connectivity index (χ3v) is 2.70. The Kier molecular flexibility index (Phi) is 7.03. The molecule has 1 N–H and O–H groups in total. The Morgan fingerprint density at radius 2 is 1.88 bits per heavy atom.